The van der Waals surface area contributed by atoms with Crippen LogP contribution in [0.15, 0.2) is 66.0 Å². The summed E-state index contributed by atoms with van der Waals surface area (Å²) in [7, 11) is 0. The summed E-state index contributed by atoms with van der Waals surface area (Å²) >= 11 is 1.36. The lowest BCUT2D eigenvalue weighted by Gasteiger charge is -2.37. The molecule has 0 unspecified atom stereocenters. The van der Waals surface area contributed by atoms with Crippen LogP contribution in [-0.2, 0) is 4.79 Å². The van der Waals surface area contributed by atoms with Crippen LogP contribution in [0.5, 0.6) is 0 Å². The van der Waals surface area contributed by atoms with Gasteiger partial charge in [-0.2, -0.15) is 0 Å². The summed E-state index contributed by atoms with van der Waals surface area (Å²) < 4.78 is 0. The highest BCUT2D eigenvalue weighted by molar-refractivity contribution is 7.99. The molecule has 0 atom stereocenters. The smallest absolute Gasteiger partial charge is 0.234 e. The molecule has 0 radical (unpaired) electrons. The van der Waals surface area contributed by atoms with Crippen LogP contribution in [0.25, 0.3) is 0 Å². The van der Waals surface area contributed by atoms with Gasteiger partial charge < -0.3 is 15.1 Å². The summed E-state index contributed by atoms with van der Waals surface area (Å²) in [6.45, 7) is 8.03. The highest BCUT2D eigenvalue weighted by Gasteiger charge is 2.20. The zero-order valence-corrected chi connectivity index (χ0v) is 18.7. The number of aryl methyl sites for hydroxylation is 2. The van der Waals surface area contributed by atoms with Crippen molar-refractivity contribution < 1.29 is 4.79 Å². The van der Waals surface area contributed by atoms with E-state index in [9.17, 15) is 4.79 Å². The minimum absolute atomic E-state index is 0.0626. The van der Waals surface area contributed by atoms with Gasteiger partial charge >= 0.3 is 0 Å². The van der Waals surface area contributed by atoms with Gasteiger partial charge in [0.05, 0.1) is 5.75 Å². The van der Waals surface area contributed by atoms with Crippen LogP contribution in [0.2, 0.25) is 0 Å². The third-order valence-electron chi connectivity index (χ3n) is 5.32. The highest BCUT2D eigenvalue weighted by Crippen LogP contribution is 2.25. The Balaban J connectivity index is 1.32. The van der Waals surface area contributed by atoms with Crippen LogP contribution in [-0.4, -0.2) is 47.8 Å². The molecule has 1 N–H and O–H groups in total. The van der Waals surface area contributed by atoms with E-state index in [0.29, 0.717) is 5.16 Å². The van der Waals surface area contributed by atoms with Crippen molar-refractivity contribution in [1.29, 1.82) is 0 Å². The Morgan fingerprint density at radius 2 is 1.74 bits per heavy atom. The van der Waals surface area contributed by atoms with Gasteiger partial charge in [0.25, 0.3) is 0 Å². The number of hydrogen-bond acceptors (Lipinski definition) is 6. The van der Waals surface area contributed by atoms with Crippen LogP contribution in [0.1, 0.15) is 11.1 Å². The lowest BCUT2D eigenvalue weighted by atomic mass is 10.1. The maximum absolute atomic E-state index is 12.2. The molecule has 0 spiro atoms. The highest BCUT2D eigenvalue weighted by atomic mass is 32.2. The Morgan fingerprint density at radius 3 is 2.52 bits per heavy atom. The second kappa shape index (κ2) is 9.83. The van der Waals surface area contributed by atoms with Crippen molar-refractivity contribution in [2.24, 2.45) is 0 Å². The van der Waals surface area contributed by atoms with Gasteiger partial charge in [0, 0.05) is 43.8 Å². The molecule has 0 aliphatic carbocycles. The lowest BCUT2D eigenvalue weighted by molar-refractivity contribution is -0.113. The first-order valence-corrected chi connectivity index (χ1v) is 11.4. The van der Waals surface area contributed by atoms with Gasteiger partial charge in [-0.3, -0.25) is 4.79 Å². The van der Waals surface area contributed by atoms with Gasteiger partial charge in [0.1, 0.15) is 5.82 Å². The summed E-state index contributed by atoms with van der Waals surface area (Å²) in [4.78, 5) is 25.9. The molecule has 31 heavy (non-hydrogen) atoms. The molecule has 1 saturated heterocycles. The van der Waals surface area contributed by atoms with Gasteiger partial charge in [-0.25, -0.2) is 9.97 Å². The van der Waals surface area contributed by atoms with Gasteiger partial charge in [0.15, 0.2) is 5.16 Å². The lowest BCUT2D eigenvalue weighted by Crippen LogP contribution is -2.47. The maximum Gasteiger partial charge on any atom is 0.234 e. The Bertz CT molecular complexity index is 1040. The van der Waals surface area contributed by atoms with Crippen LogP contribution >= 0.6 is 11.8 Å². The molecule has 0 bridgehead atoms. The predicted octanol–water partition coefficient (Wildman–Crippen LogP) is 4.15. The number of thioether (sulfide) groups is 1. The minimum Gasteiger partial charge on any atom is -0.368 e. The first kappa shape index (κ1) is 21.2. The van der Waals surface area contributed by atoms with Crippen molar-refractivity contribution in [3.05, 3.63) is 71.9 Å². The second-order valence-electron chi connectivity index (χ2n) is 7.66. The number of amides is 1. The fourth-order valence-electron chi connectivity index (χ4n) is 3.66. The predicted molar refractivity (Wildman–Crippen MR) is 128 cm³/mol. The molecule has 7 heteroatoms. The minimum atomic E-state index is -0.0626. The molecule has 1 aliphatic rings. The zero-order chi connectivity index (χ0) is 21.6. The van der Waals surface area contributed by atoms with E-state index >= 15 is 0 Å². The third-order valence-corrected chi connectivity index (χ3v) is 6.18. The largest absolute Gasteiger partial charge is 0.368 e. The number of carbonyl (C=O) groups is 1. The number of nitrogens with zero attached hydrogens (tertiary/aromatic N) is 4. The van der Waals surface area contributed by atoms with Crippen molar-refractivity contribution in [2.45, 2.75) is 19.0 Å². The number of aromatic nitrogens is 2. The van der Waals surface area contributed by atoms with Crippen molar-refractivity contribution in [3.63, 3.8) is 0 Å². The average molecular weight is 434 g/mol. The van der Waals surface area contributed by atoms with Gasteiger partial charge in [-0.05, 0) is 49.2 Å². The van der Waals surface area contributed by atoms with E-state index in [1.54, 1.807) is 6.20 Å². The number of hydrogen-bond donors (Lipinski definition) is 1. The molecule has 6 nitrogen and oxygen atoms in total. The number of piperazine rings is 1. The summed E-state index contributed by atoms with van der Waals surface area (Å²) in [6.07, 6.45) is 1.77. The van der Waals surface area contributed by atoms with E-state index in [1.807, 2.05) is 36.4 Å². The van der Waals surface area contributed by atoms with Crippen molar-refractivity contribution in [2.75, 3.05) is 47.0 Å². The van der Waals surface area contributed by atoms with Crippen molar-refractivity contribution in [3.8, 4) is 0 Å². The molecule has 160 valence electrons. The number of anilines is 3. The molecule has 2 aromatic carbocycles. The van der Waals surface area contributed by atoms with E-state index in [1.165, 1.54) is 28.6 Å². The van der Waals surface area contributed by atoms with Crippen molar-refractivity contribution in [1.82, 2.24) is 9.97 Å². The standard InChI is InChI=1S/C24H27N5OS/c1-18-8-9-19(2)21(16-18)28-12-14-29(15-13-28)22-10-11-25-24(27-22)31-17-23(30)26-20-6-4-3-5-7-20/h3-11,16H,12-15,17H2,1-2H3,(H,26,30). The first-order valence-electron chi connectivity index (χ1n) is 10.5. The molecular formula is C24H27N5OS. The molecule has 4 rings (SSSR count). The van der Waals surface area contributed by atoms with E-state index in [0.717, 1.165) is 37.7 Å². The first-order chi connectivity index (χ1) is 15.1. The molecule has 1 aliphatic heterocycles. The number of nitrogens with one attached hydrogen (secondary N) is 1. The van der Waals surface area contributed by atoms with E-state index in [4.69, 9.17) is 0 Å². The maximum atomic E-state index is 12.2. The van der Waals surface area contributed by atoms with Crippen LogP contribution in [0.3, 0.4) is 0 Å². The van der Waals surface area contributed by atoms with Gasteiger partial charge in [0.2, 0.25) is 5.91 Å². The Kier molecular flexibility index (Phi) is 6.72. The van der Waals surface area contributed by atoms with E-state index in [2.05, 4.69) is 57.1 Å². The van der Waals surface area contributed by atoms with Crippen LogP contribution in [0.4, 0.5) is 17.2 Å². The molecule has 2 heterocycles. The molecule has 3 aromatic rings. The monoisotopic (exact) mass is 433 g/mol. The Morgan fingerprint density at radius 1 is 1.00 bits per heavy atom. The molecule has 1 amide bonds. The van der Waals surface area contributed by atoms with Gasteiger partial charge in [-0.1, -0.05) is 42.1 Å². The number of carbonyl (C=O) groups excluding carboxylic acids is 1. The molecule has 1 aromatic heterocycles. The van der Waals surface area contributed by atoms with Crippen LogP contribution < -0.4 is 15.1 Å². The second-order valence-corrected chi connectivity index (χ2v) is 8.61. The fraction of sp³-hybridized carbons (Fsp3) is 0.292. The summed E-state index contributed by atoms with van der Waals surface area (Å²) in [5.41, 5.74) is 4.72. The molecule has 0 saturated carbocycles. The average Bonchev–Trinajstić information content (AvgIpc) is 2.80. The summed E-state index contributed by atoms with van der Waals surface area (Å²) in [6, 6.07) is 18.0. The van der Waals surface area contributed by atoms with Crippen LogP contribution in [0, 0.1) is 13.8 Å². The van der Waals surface area contributed by atoms with E-state index < -0.39 is 0 Å². The summed E-state index contributed by atoms with van der Waals surface area (Å²) in [5.74, 6) is 1.13. The SMILES string of the molecule is Cc1ccc(C)c(N2CCN(c3ccnc(SCC(=O)Nc4ccccc4)n3)CC2)c1. The van der Waals surface area contributed by atoms with Crippen molar-refractivity contribution >= 4 is 34.9 Å². The quantitative estimate of drug-likeness (QED) is 0.465. The Hall–Kier alpha value is -3.06. The summed E-state index contributed by atoms with van der Waals surface area (Å²) in [5, 5.41) is 3.51. The number of rotatable bonds is 6. The topological polar surface area (TPSA) is 61.4 Å². The van der Waals surface area contributed by atoms with Gasteiger partial charge in [-0.15, -0.1) is 0 Å². The normalized spacial score (nSPS) is 13.9. The number of benzene rings is 2. The molecular weight excluding hydrogens is 406 g/mol. The fourth-order valence-corrected chi connectivity index (χ4v) is 4.29. The zero-order valence-electron chi connectivity index (χ0n) is 17.9. The van der Waals surface area contributed by atoms with E-state index in [-0.39, 0.29) is 11.7 Å². The molecule has 1 fully saturated rings. The number of para-hydroxylation sites is 1. The third kappa shape index (κ3) is 5.55. The Labute approximate surface area is 187 Å².